The van der Waals surface area contributed by atoms with Crippen LogP contribution in [0, 0.1) is 0 Å². The van der Waals surface area contributed by atoms with E-state index in [1.54, 1.807) is 0 Å². The van der Waals surface area contributed by atoms with Gasteiger partial charge in [-0.2, -0.15) is 0 Å². The summed E-state index contributed by atoms with van der Waals surface area (Å²) in [4.78, 5) is 13.6. The molecular weight excluding hydrogens is 242 g/mol. The zero-order chi connectivity index (χ0) is 13.2. The van der Waals surface area contributed by atoms with Crippen molar-refractivity contribution >= 4 is 5.97 Å². The number of hydrogen-bond donors (Lipinski definition) is 1. The first-order chi connectivity index (χ1) is 9.25. The predicted octanol–water partition coefficient (Wildman–Crippen LogP) is 1.68. The van der Waals surface area contributed by atoms with Crippen LogP contribution in [0.2, 0.25) is 0 Å². The molecule has 0 amide bonds. The lowest BCUT2D eigenvalue weighted by Gasteiger charge is -2.41. The summed E-state index contributed by atoms with van der Waals surface area (Å²) in [5, 5.41) is 9.48. The molecular formula is C15H19NO3. The molecule has 2 atom stereocenters. The summed E-state index contributed by atoms with van der Waals surface area (Å²) in [6.45, 7) is 2.19. The van der Waals surface area contributed by atoms with Crippen LogP contribution in [-0.4, -0.2) is 41.3 Å². The molecule has 0 spiro atoms. The van der Waals surface area contributed by atoms with Crippen LogP contribution in [0.3, 0.4) is 0 Å². The number of ether oxygens (including phenoxy) is 1. The Balaban J connectivity index is 1.86. The van der Waals surface area contributed by atoms with Crippen LogP contribution in [0.5, 0.6) is 0 Å². The van der Waals surface area contributed by atoms with E-state index in [0.717, 1.165) is 26.0 Å². The predicted molar refractivity (Wildman–Crippen MR) is 71.0 cm³/mol. The number of aliphatic carboxylic acids is 1. The molecule has 3 rings (SSSR count). The second kappa shape index (κ2) is 5.31. The van der Waals surface area contributed by atoms with Crippen LogP contribution >= 0.6 is 0 Å². The van der Waals surface area contributed by atoms with Crippen LogP contribution in [-0.2, 0) is 22.5 Å². The highest BCUT2D eigenvalue weighted by Crippen LogP contribution is 2.27. The summed E-state index contributed by atoms with van der Waals surface area (Å²) in [6, 6.07) is 7.97. The molecule has 1 unspecified atom stereocenters. The highest BCUT2D eigenvalue weighted by molar-refractivity contribution is 5.74. The molecule has 1 aromatic carbocycles. The third-order valence-corrected chi connectivity index (χ3v) is 4.18. The van der Waals surface area contributed by atoms with Gasteiger partial charge in [0.2, 0.25) is 0 Å². The van der Waals surface area contributed by atoms with Gasteiger partial charge in [-0.25, -0.2) is 0 Å². The third kappa shape index (κ3) is 2.51. The Bertz CT molecular complexity index is 468. The molecule has 1 saturated heterocycles. The Morgan fingerprint density at radius 1 is 1.32 bits per heavy atom. The summed E-state index contributed by atoms with van der Waals surface area (Å²) >= 11 is 0. The van der Waals surface area contributed by atoms with Gasteiger partial charge in [0.05, 0.1) is 6.61 Å². The Kier molecular flexibility index (Phi) is 3.53. The molecule has 0 aromatic heterocycles. The molecule has 2 aliphatic heterocycles. The third-order valence-electron chi connectivity index (χ3n) is 4.18. The maximum Gasteiger partial charge on any atom is 0.321 e. The van der Waals surface area contributed by atoms with Gasteiger partial charge in [0.25, 0.3) is 0 Å². The first-order valence-corrected chi connectivity index (χ1v) is 6.89. The maximum atomic E-state index is 11.5. The fourth-order valence-corrected chi connectivity index (χ4v) is 3.14. The minimum atomic E-state index is -0.722. The van der Waals surface area contributed by atoms with Gasteiger partial charge in [-0.15, -0.1) is 0 Å². The molecule has 0 radical (unpaired) electrons. The molecule has 0 saturated carbocycles. The van der Waals surface area contributed by atoms with E-state index in [-0.39, 0.29) is 6.04 Å². The van der Waals surface area contributed by atoms with E-state index < -0.39 is 12.0 Å². The highest BCUT2D eigenvalue weighted by atomic mass is 16.5. The standard InChI is InChI=1S/C15H19NO3/c17-15(18)14-8-11-4-1-2-5-12(11)9-16(14)13-6-3-7-19-10-13/h1-2,4-5,13-14H,3,6-10H2,(H,17,18)/t13?,14-/m0/s1. The summed E-state index contributed by atoms with van der Waals surface area (Å²) in [5.41, 5.74) is 2.42. The lowest BCUT2D eigenvalue weighted by Crippen LogP contribution is -2.53. The zero-order valence-corrected chi connectivity index (χ0v) is 10.9. The Labute approximate surface area is 113 Å². The van der Waals surface area contributed by atoms with E-state index in [1.807, 2.05) is 18.2 Å². The van der Waals surface area contributed by atoms with Crippen molar-refractivity contribution in [2.45, 2.75) is 37.9 Å². The average Bonchev–Trinajstić information content (AvgIpc) is 2.46. The molecule has 1 N–H and O–H groups in total. The number of carboxylic acids is 1. The number of benzene rings is 1. The van der Waals surface area contributed by atoms with Crippen molar-refractivity contribution in [2.75, 3.05) is 13.2 Å². The number of rotatable bonds is 2. The van der Waals surface area contributed by atoms with E-state index in [0.29, 0.717) is 13.0 Å². The van der Waals surface area contributed by atoms with Crippen LogP contribution in [0.25, 0.3) is 0 Å². The van der Waals surface area contributed by atoms with Crippen molar-refractivity contribution in [3.05, 3.63) is 35.4 Å². The second-order valence-corrected chi connectivity index (χ2v) is 5.37. The van der Waals surface area contributed by atoms with E-state index in [9.17, 15) is 9.90 Å². The highest BCUT2D eigenvalue weighted by Gasteiger charge is 2.36. The van der Waals surface area contributed by atoms with Gasteiger partial charge in [-0.3, -0.25) is 9.69 Å². The van der Waals surface area contributed by atoms with E-state index in [2.05, 4.69) is 11.0 Å². The monoisotopic (exact) mass is 261 g/mol. The molecule has 19 heavy (non-hydrogen) atoms. The summed E-state index contributed by atoms with van der Waals surface area (Å²) in [6.07, 6.45) is 2.66. The Hall–Kier alpha value is -1.39. The minimum absolute atomic E-state index is 0.239. The SMILES string of the molecule is O=C(O)[C@@H]1Cc2ccccc2CN1C1CCCOC1. The van der Waals surface area contributed by atoms with Gasteiger partial charge in [0.1, 0.15) is 6.04 Å². The van der Waals surface area contributed by atoms with Crippen LogP contribution in [0.15, 0.2) is 24.3 Å². The van der Waals surface area contributed by atoms with Crippen molar-refractivity contribution in [3.8, 4) is 0 Å². The van der Waals surface area contributed by atoms with Crippen molar-refractivity contribution in [3.63, 3.8) is 0 Å². The lowest BCUT2D eigenvalue weighted by molar-refractivity contribution is -0.146. The number of fused-ring (bicyclic) bond motifs is 1. The second-order valence-electron chi connectivity index (χ2n) is 5.37. The van der Waals surface area contributed by atoms with Gasteiger partial charge in [-0.1, -0.05) is 24.3 Å². The molecule has 102 valence electrons. The Morgan fingerprint density at radius 3 is 2.79 bits per heavy atom. The number of nitrogens with zero attached hydrogens (tertiary/aromatic N) is 1. The Morgan fingerprint density at radius 2 is 2.11 bits per heavy atom. The normalized spacial score (nSPS) is 27.8. The summed E-state index contributed by atoms with van der Waals surface area (Å²) < 4.78 is 5.52. The van der Waals surface area contributed by atoms with Gasteiger partial charge < -0.3 is 9.84 Å². The quantitative estimate of drug-likeness (QED) is 0.880. The average molecular weight is 261 g/mol. The van der Waals surface area contributed by atoms with E-state index in [1.165, 1.54) is 11.1 Å². The summed E-state index contributed by atoms with van der Waals surface area (Å²) in [7, 11) is 0. The maximum absolute atomic E-state index is 11.5. The number of carbonyl (C=O) groups is 1. The largest absolute Gasteiger partial charge is 0.480 e. The van der Waals surface area contributed by atoms with Crippen molar-refractivity contribution in [1.29, 1.82) is 0 Å². The molecule has 2 aliphatic rings. The van der Waals surface area contributed by atoms with Gasteiger partial charge in [0, 0.05) is 19.2 Å². The molecule has 1 fully saturated rings. The minimum Gasteiger partial charge on any atom is -0.480 e. The van der Waals surface area contributed by atoms with Crippen molar-refractivity contribution in [2.24, 2.45) is 0 Å². The topological polar surface area (TPSA) is 49.8 Å². The fourth-order valence-electron chi connectivity index (χ4n) is 3.14. The summed E-state index contributed by atoms with van der Waals surface area (Å²) in [5.74, 6) is -0.722. The molecule has 4 heteroatoms. The molecule has 4 nitrogen and oxygen atoms in total. The van der Waals surface area contributed by atoms with Crippen LogP contribution in [0.1, 0.15) is 24.0 Å². The number of hydrogen-bond acceptors (Lipinski definition) is 3. The zero-order valence-electron chi connectivity index (χ0n) is 10.9. The van der Waals surface area contributed by atoms with Crippen LogP contribution < -0.4 is 0 Å². The van der Waals surface area contributed by atoms with Gasteiger partial charge in [0.15, 0.2) is 0 Å². The van der Waals surface area contributed by atoms with Gasteiger partial charge >= 0.3 is 5.97 Å². The van der Waals surface area contributed by atoms with Crippen molar-refractivity contribution < 1.29 is 14.6 Å². The fraction of sp³-hybridized carbons (Fsp3) is 0.533. The first kappa shape index (κ1) is 12.6. The molecule has 1 aromatic rings. The van der Waals surface area contributed by atoms with E-state index in [4.69, 9.17) is 4.74 Å². The van der Waals surface area contributed by atoms with Crippen LogP contribution in [0.4, 0.5) is 0 Å². The van der Waals surface area contributed by atoms with E-state index >= 15 is 0 Å². The molecule has 0 bridgehead atoms. The first-order valence-electron chi connectivity index (χ1n) is 6.89. The molecule has 0 aliphatic carbocycles. The lowest BCUT2D eigenvalue weighted by atomic mass is 9.91. The van der Waals surface area contributed by atoms with Gasteiger partial charge in [-0.05, 0) is 30.4 Å². The smallest absolute Gasteiger partial charge is 0.321 e. The van der Waals surface area contributed by atoms with Crippen molar-refractivity contribution in [1.82, 2.24) is 4.90 Å². The number of carboxylic acid groups (broad SMARTS) is 1. The molecule has 2 heterocycles.